The van der Waals surface area contributed by atoms with Crippen LogP contribution in [0.15, 0.2) is 0 Å². The fourth-order valence-electron chi connectivity index (χ4n) is 1.34. The van der Waals surface area contributed by atoms with Gasteiger partial charge in [0.05, 0.1) is 12.3 Å². The molecule has 0 aromatic carbocycles. The third-order valence-corrected chi connectivity index (χ3v) is 3.63. The minimum absolute atomic E-state index is 0.343. The average molecular weight is 164 g/mol. The lowest BCUT2D eigenvalue weighted by Crippen LogP contribution is -2.90. The monoisotopic (exact) mass is 164 g/mol. The summed E-state index contributed by atoms with van der Waals surface area (Å²) in [5.74, 6) is 0.787. The third-order valence-electron chi connectivity index (χ3n) is 1.84. The van der Waals surface area contributed by atoms with Crippen molar-refractivity contribution in [2.24, 2.45) is 0 Å². The van der Waals surface area contributed by atoms with Crippen molar-refractivity contribution in [3.8, 4) is 0 Å². The van der Waals surface area contributed by atoms with Crippen LogP contribution in [0.5, 0.6) is 0 Å². The molecule has 2 N–H and O–H groups in total. The van der Waals surface area contributed by atoms with E-state index in [9.17, 15) is 8.42 Å². The Labute approximate surface area is 61.7 Å². The molecular formula is C6H14NO2S+. The molecule has 60 valence electrons. The van der Waals surface area contributed by atoms with Gasteiger partial charge in [0.25, 0.3) is 0 Å². The van der Waals surface area contributed by atoms with Crippen LogP contribution in [-0.4, -0.2) is 32.5 Å². The molecule has 0 unspecified atom stereocenters. The molecule has 10 heavy (non-hydrogen) atoms. The van der Waals surface area contributed by atoms with Crippen LogP contribution in [0.3, 0.4) is 0 Å². The second-order valence-electron chi connectivity index (χ2n) is 2.81. The highest BCUT2D eigenvalue weighted by molar-refractivity contribution is 7.91. The Balaban J connectivity index is 2.44. The van der Waals surface area contributed by atoms with Crippen molar-refractivity contribution >= 4 is 9.84 Å². The van der Waals surface area contributed by atoms with Gasteiger partial charge in [0.1, 0.15) is 11.8 Å². The number of quaternary nitrogens is 1. The fraction of sp³-hybridized carbons (Fsp3) is 1.00. The predicted octanol–water partition coefficient (Wildman–Crippen LogP) is -1.24. The Morgan fingerprint density at radius 3 is 2.70 bits per heavy atom. The largest absolute Gasteiger partial charge is 0.343 e. The van der Waals surface area contributed by atoms with E-state index in [-0.39, 0.29) is 0 Å². The van der Waals surface area contributed by atoms with Crippen molar-refractivity contribution in [3.63, 3.8) is 0 Å². The van der Waals surface area contributed by atoms with Crippen molar-refractivity contribution in [2.75, 3.05) is 18.1 Å². The van der Waals surface area contributed by atoms with Gasteiger partial charge in [-0.15, -0.1) is 0 Å². The van der Waals surface area contributed by atoms with Crippen molar-refractivity contribution in [1.82, 2.24) is 0 Å². The molecule has 1 saturated heterocycles. The van der Waals surface area contributed by atoms with Crippen molar-refractivity contribution in [2.45, 2.75) is 19.4 Å². The van der Waals surface area contributed by atoms with Crippen molar-refractivity contribution in [3.05, 3.63) is 0 Å². The maximum atomic E-state index is 10.9. The van der Waals surface area contributed by atoms with Gasteiger partial charge in [0.15, 0.2) is 9.84 Å². The van der Waals surface area contributed by atoms with Gasteiger partial charge in [-0.25, -0.2) is 8.42 Å². The van der Waals surface area contributed by atoms with Gasteiger partial charge in [-0.1, -0.05) is 0 Å². The van der Waals surface area contributed by atoms with Gasteiger partial charge in [0, 0.05) is 6.42 Å². The summed E-state index contributed by atoms with van der Waals surface area (Å²) in [6.07, 6.45) is 0.843. The summed E-state index contributed by atoms with van der Waals surface area (Å²) in [5, 5.41) is 2.10. The van der Waals surface area contributed by atoms with E-state index < -0.39 is 9.84 Å². The van der Waals surface area contributed by atoms with Gasteiger partial charge in [-0.3, -0.25) is 0 Å². The van der Waals surface area contributed by atoms with Crippen LogP contribution < -0.4 is 5.32 Å². The molecule has 1 atom stereocenters. The normalized spacial score (nSPS) is 30.7. The summed E-state index contributed by atoms with van der Waals surface area (Å²) in [7, 11) is -2.65. The first-order valence-corrected chi connectivity index (χ1v) is 5.50. The van der Waals surface area contributed by atoms with Crippen molar-refractivity contribution in [1.29, 1.82) is 0 Å². The highest BCUT2D eigenvalue weighted by atomic mass is 32.2. The molecule has 0 spiro atoms. The summed E-state index contributed by atoms with van der Waals surface area (Å²) < 4.78 is 21.8. The van der Waals surface area contributed by atoms with Gasteiger partial charge in [-0.2, -0.15) is 0 Å². The first-order valence-electron chi connectivity index (χ1n) is 3.68. The lowest BCUT2D eigenvalue weighted by molar-refractivity contribution is -0.681. The van der Waals surface area contributed by atoms with E-state index in [4.69, 9.17) is 0 Å². The Kier molecular flexibility index (Phi) is 2.31. The summed E-state index contributed by atoms with van der Waals surface area (Å²) in [6, 6.07) is 0.343. The second kappa shape index (κ2) is 2.88. The number of sulfone groups is 1. The maximum Gasteiger partial charge on any atom is 0.156 e. The fourth-order valence-corrected chi connectivity index (χ4v) is 3.13. The van der Waals surface area contributed by atoms with E-state index >= 15 is 0 Å². The van der Waals surface area contributed by atoms with Gasteiger partial charge in [0.2, 0.25) is 0 Å². The molecular weight excluding hydrogens is 150 g/mol. The van der Waals surface area contributed by atoms with E-state index in [0.29, 0.717) is 17.5 Å². The Hall–Kier alpha value is -0.0900. The molecule has 1 aliphatic rings. The molecule has 0 aromatic rings. The minimum atomic E-state index is -2.65. The average Bonchev–Trinajstić information content (AvgIpc) is 2.12. The predicted molar refractivity (Wildman–Crippen MR) is 39.5 cm³/mol. The summed E-state index contributed by atoms with van der Waals surface area (Å²) in [6.45, 7) is 3.03. The van der Waals surface area contributed by atoms with E-state index in [1.54, 1.807) is 0 Å². The van der Waals surface area contributed by atoms with Crippen LogP contribution >= 0.6 is 0 Å². The van der Waals surface area contributed by atoms with E-state index in [2.05, 4.69) is 5.32 Å². The second-order valence-corrected chi connectivity index (χ2v) is 5.04. The number of hydrogen-bond donors (Lipinski definition) is 1. The van der Waals surface area contributed by atoms with Crippen LogP contribution in [0.25, 0.3) is 0 Å². The number of rotatable bonds is 2. The van der Waals surface area contributed by atoms with Crippen LogP contribution in [0.4, 0.5) is 0 Å². The van der Waals surface area contributed by atoms with Gasteiger partial charge < -0.3 is 5.32 Å². The van der Waals surface area contributed by atoms with Crippen LogP contribution in [0.2, 0.25) is 0 Å². The number of hydrogen-bond acceptors (Lipinski definition) is 2. The van der Waals surface area contributed by atoms with Crippen molar-refractivity contribution < 1.29 is 13.7 Å². The lowest BCUT2D eigenvalue weighted by atomic mass is 10.3. The molecule has 0 aromatic heterocycles. The molecule has 1 rings (SSSR count). The number of nitrogens with two attached hydrogens (primary N) is 1. The zero-order valence-corrected chi connectivity index (χ0v) is 7.02. The Morgan fingerprint density at radius 1 is 1.60 bits per heavy atom. The summed E-state index contributed by atoms with van der Waals surface area (Å²) in [5.41, 5.74) is 0. The first kappa shape index (κ1) is 8.01. The molecule has 1 fully saturated rings. The minimum Gasteiger partial charge on any atom is -0.343 e. The molecule has 1 heterocycles. The maximum absolute atomic E-state index is 10.9. The van der Waals surface area contributed by atoms with Gasteiger partial charge >= 0.3 is 0 Å². The molecule has 0 bridgehead atoms. The first-order chi connectivity index (χ1) is 4.64. The molecule has 0 aliphatic carbocycles. The van der Waals surface area contributed by atoms with Gasteiger partial charge in [-0.05, 0) is 6.92 Å². The topological polar surface area (TPSA) is 50.8 Å². The molecule has 0 radical (unpaired) electrons. The van der Waals surface area contributed by atoms with Crippen LogP contribution in [0.1, 0.15) is 13.3 Å². The summed E-state index contributed by atoms with van der Waals surface area (Å²) >= 11 is 0. The smallest absolute Gasteiger partial charge is 0.156 e. The lowest BCUT2D eigenvalue weighted by Gasteiger charge is -2.02. The highest BCUT2D eigenvalue weighted by Gasteiger charge is 2.29. The summed E-state index contributed by atoms with van der Waals surface area (Å²) in [4.78, 5) is 0. The molecule has 1 aliphatic heterocycles. The zero-order chi connectivity index (χ0) is 7.61. The molecule has 3 nitrogen and oxygen atoms in total. The Morgan fingerprint density at radius 2 is 2.30 bits per heavy atom. The quantitative estimate of drug-likeness (QED) is 0.555. The molecule has 0 amide bonds. The van der Waals surface area contributed by atoms with E-state index in [1.807, 2.05) is 6.92 Å². The van der Waals surface area contributed by atoms with Crippen LogP contribution in [-0.2, 0) is 9.84 Å². The Bertz CT molecular complexity index is 198. The van der Waals surface area contributed by atoms with E-state index in [0.717, 1.165) is 13.0 Å². The molecule has 4 heteroatoms. The van der Waals surface area contributed by atoms with E-state index in [1.165, 1.54) is 0 Å². The third kappa shape index (κ3) is 1.95. The van der Waals surface area contributed by atoms with Crippen LogP contribution in [0, 0.1) is 0 Å². The zero-order valence-electron chi connectivity index (χ0n) is 6.21. The standard InChI is InChI=1S/C6H13NO2S/c1-2-7-6-3-4-10(8,9)5-6/h6-7H,2-5H2,1H3/p+1/t6-/m1/s1. The SMILES string of the molecule is CC[NH2+][C@@H]1CCS(=O)(=O)C1. The molecule has 0 saturated carbocycles. The highest BCUT2D eigenvalue weighted by Crippen LogP contribution is 2.07.